The summed E-state index contributed by atoms with van der Waals surface area (Å²) in [6.45, 7) is 3.04. The molecule has 0 aliphatic carbocycles. The summed E-state index contributed by atoms with van der Waals surface area (Å²) in [5.74, 6) is 1.28. The smallest absolute Gasteiger partial charge is 0.222 e. The van der Waals surface area contributed by atoms with Crippen LogP contribution < -0.4 is 4.90 Å². The molecule has 0 spiro atoms. The number of aromatic nitrogens is 2. The lowest BCUT2D eigenvalue weighted by Gasteiger charge is -2.30. The highest BCUT2D eigenvalue weighted by molar-refractivity contribution is 5.76. The van der Waals surface area contributed by atoms with E-state index in [4.69, 9.17) is 4.74 Å². The summed E-state index contributed by atoms with van der Waals surface area (Å²) in [6, 6.07) is 0. The molecule has 1 aromatic rings. The maximum absolute atomic E-state index is 12.4. The summed E-state index contributed by atoms with van der Waals surface area (Å²) >= 11 is 0. The van der Waals surface area contributed by atoms with E-state index in [1.165, 1.54) is 0 Å². The van der Waals surface area contributed by atoms with E-state index < -0.39 is 5.60 Å². The minimum Gasteiger partial charge on any atom is -0.386 e. The third-order valence-electron chi connectivity index (χ3n) is 4.97. The Hall–Kier alpha value is -1.73. The molecule has 1 N–H and O–H groups in total. The number of nitrogens with zero attached hydrogens (tertiary/aromatic N) is 4. The number of likely N-dealkylation sites (N-methyl/N-ethyl adjacent to an activating group) is 1. The van der Waals surface area contributed by atoms with Gasteiger partial charge in [0, 0.05) is 52.2 Å². The first-order valence-corrected chi connectivity index (χ1v) is 8.61. The molecule has 1 unspecified atom stereocenters. The van der Waals surface area contributed by atoms with Crippen molar-refractivity contribution in [3.05, 3.63) is 18.6 Å². The molecule has 0 aromatic carbocycles. The van der Waals surface area contributed by atoms with Crippen LogP contribution in [-0.2, 0) is 9.53 Å². The zero-order valence-corrected chi connectivity index (χ0v) is 14.2. The molecule has 7 heteroatoms. The highest BCUT2D eigenvalue weighted by Gasteiger charge is 2.38. The summed E-state index contributed by atoms with van der Waals surface area (Å²) in [5.41, 5.74) is -0.891. The summed E-state index contributed by atoms with van der Waals surface area (Å²) in [6.07, 6.45) is 8.05. The van der Waals surface area contributed by atoms with Gasteiger partial charge in [-0.3, -0.25) is 9.78 Å². The lowest BCUT2D eigenvalue weighted by atomic mass is 9.95. The number of carbonyl (C=O) groups excluding carboxylic acids is 1. The molecular formula is C17H26N4O3. The Bertz CT molecular complexity index is 550. The van der Waals surface area contributed by atoms with E-state index in [0.29, 0.717) is 31.8 Å². The van der Waals surface area contributed by atoms with Crippen LogP contribution in [0.2, 0.25) is 0 Å². The lowest BCUT2D eigenvalue weighted by Crippen LogP contribution is -2.46. The van der Waals surface area contributed by atoms with Gasteiger partial charge in [0.2, 0.25) is 5.91 Å². The topological polar surface area (TPSA) is 78.8 Å². The van der Waals surface area contributed by atoms with E-state index in [9.17, 15) is 9.90 Å². The second-order valence-electron chi connectivity index (χ2n) is 6.97. The van der Waals surface area contributed by atoms with Gasteiger partial charge in [0.05, 0.1) is 12.7 Å². The Morgan fingerprint density at radius 3 is 2.96 bits per heavy atom. The minimum absolute atomic E-state index is 0.105. The van der Waals surface area contributed by atoms with Crippen LogP contribution >= 0.6 is 0 Å². The predicted molar refractivity (Wildman–Crippen MR) is 89.6 cm³/mol. The molecule has 3 heterocycles. The molecule has 0 radical (unpaired) electrons. The van der Waals surface area contributed by atoms with Crippen molar-refractivity contribution in [2.24, 2.45) is 5.92 Å². The number of rotatable bonds is 5. The molecule has 24 heavy (non-hydrogen) atoms. The minimum atomic E-state index is -0.891. The monoisotopic (exact) mass is 334 g/mol. The third kappa shape index (κ3) is 4.21. The first-order chi connectivity index (χ1) is 11.6. The van der Waals surface area contributed by atoms with Crippen LogP contribution in [0, 0.1) is 5.92 Å². The molecule has 2 fully saturated rings. The second-order valence-corrected chi connectivity index (χ2v) is 6.97. The van der Waals surface area contributed by atoms with Gasteiger partial charge in [0.25, 0.3) is 0 Å². The van der Waals surface area contributed by atoms with Crippen molar-refractivity contribution in [3.63, 3.8) is 0 Å². The van der Waals surface area contributed by atoms with Crippen molar-refractivity contribution in [2.45, 2.75) is 31.3 Å². The summed E-state index contributed by atoms with van der Waals surface area (Å²) in [5, 5.41) is 10.8. The first-order valence-electron chi connectivity index (χ1n) is 8.61. The number of anilines is 1. The van der Waals surface area contributed by atoms with E-state index in [2.05, 4.69) is 9.97 Å². The third-order valence-corrected chi connectivity index (χ3v) is 4.97. The van der Waals surface area contributed by atoms with Gasteiger partial charge < -0.3 is 19.6 Å². The Morgan fingerprint density at radius 2 is 2.25 bits per heavy atom. The number of β-amino-alcohol motifs (C(OH)–C–C–N with tert-alkyl or cyclic N) is 1. The average molecular weight is 334 g/mol. The molecule has 0 bridgehead atoms. The predicted octanol–water partition coefficient (Wildman–Crippen LogP) is 0.693. The Morgan fingerprint density at radius 1 is 1.46 bits per heavy atom. The largest absolute Gasteiger partial charge is 0.386 e. The Kier molecular flexibility index (Phi) is 5.30. The molecule has 2 aliphatic rings. The van der Waals surface area contributed by atoms with Crippen molar-refractivity contribution in [1.29, 1.82) is 0 Å². The highest BCUT2D eigenvalue weighted by atomic mass is 16.5. The van der Waals surface area contributed by atoms with Crippen LogP contribution in [0.25, 0.3) is 0 Å². The molecular weight excluding hydrogens is 308 g/mol. The van der Waals surface area contributed by atoms with Crippen LogP contribution in [0.5, 0.6) is 0 Å². The van der Waals surface area contributed by atoms with Crippen LogP contribution in [-0.4, -0.2) is 71.4 Å². The Labute approximate surface area is 142 Å². The highest BCUT2D eigenvalue weighted by Crippen LogP contribution is 2.26. The summed E-state index contributed by atoms with van der Waals surface area (Å²) in [7, 11) is 1.78. The fourth-order valence-electron chi connectivity index (χ4n) is 3.52. The lowest BCUT2D eigenvalue weighted by molar-refractivity contribution is -0.134. The second kappa shape index (κ2) is 7.44. The average Bonchev–Trinajstić information content (AvgIpc) is 2.98. The molecule has 2 saturated heterocycles. The standard InChI is InChI=1S/C17H26N4O3/c1-20(16(22)10-14-2-8-24-9-3-14)12-17(23)4-7-21(13-17)15-11-18-5-6-19-15/h5-6,11,14,23H,2-4,7-10,12-13H2,1H3. The molecule has 1 aromatic heterocycles. The van der Waals surface area contributed by atoms with Gasteiger partial charge >= 0.3 is 0 Å². The molecule has 2 aliphatic heterocycles. The van der Waals surface area contributed by atoms with Crippen molar-refractivity contribution in [1.82, 2.24) is 14.9 Å². The van der Waals surface area contributed by atoms with Gasteiger partial charge in [0.15, 0.2) is 0 Å². The van der Waals surface area contributed by atoms with Gasteiger partial charge in [-0.25, -0.2) is 4.98 Å². The van der Waals surface area contributed by atoms with Crippen LogP contribution in [0.3, 0.4) is 0 Å². The zero-order chi connectivity index (χ0) is 17.0. The van der Waals surface area contributed by atoms with Crippen molar-refractivity contribution >= 4 is 11.7 Å². The maximum Gasteiger partial charge on any atom is 0.222 e. The summed E-state index contributed by atoms with van der Waals surface area (Å²) in [4.78, 5) is 24.5. The van der Waals surface area contributed by atoms with Gasteiger partial charge in [-0.1, -0.05) is 0 Å². The van der Waals surface area contributed by atoms with Crippen LogP contribution in [0.1, 0.15) is 25.7 Å². The molecule has 132 valence electrons. The van der Waals surface area contributed by atoms with Crippen molar-refractivity contribution in [3.8, 4) is 0 Å². The SMILES string of the molecule is CN(CC1(O)CCN(c2cnccn2)C1)C(=O)CC1CCOCC1. The maximum atomic E-state index is 12.4. The van der Waals surface area contributed by atoms with Gasteiger partial charge in [-0.05, 0) is 25.2 Å². The van der Waals surface area contributed by atoms with E-state index in [-0.39, 0.29) is 5.91 Å². The molecule has 0 saturated carbocycles. The Balaban J connectivity index is 1.52. The number of ether oxygens (including phenoxy) is 1. The van der Waals surface area contributed by atoms with Gasteiger partial charge in [0.1, 0.15) is 11.4 Å². The fourth-order valence-corrected chi connectivity index (χ4v) is 3.52. The van der Waals surface area contributed by atoms with Crippen molar-refractivity contribution < 1.29 is 14.6 Å². The fraction of sp³-hybridized carbons (Fsp3) is 0.706. The van der Waals surface area contributed by atoms with E-state index in [0.717, 1.165) is 38.4 Å². The van der Waals surface area contributed by atoms with E-state index in [1.54, 1.807) is 30.5 Å². The normalized spacial score (nSPS) is 25.0. The van der Waals surface area contributed by atoms with Gasteiger partial charge in [-0.2, -0.15) is 0 Å². The quantitative estimate of drug-likeness (QED) is 0.854. The number of carbonyl (C=O) groups is 1. The van der Waals surface area contributed by atoms with Crippen LogP contribution in [0.15, 0.2) is 18.6 Å². The van der Waals surface area contributed by atoms with Crippen LogP contribution in [0.4, 0.5) is 5.82 Å². The number of hydrogen-bond donors (Lipinski definition) is 1. The molecule has 3 rings (SSSR count). The molecule has 1 amide bonds. The summed E-state index contributed by atoms with van der Waals surface area (Å²) < 4.78 is 5.34. The van der Waals surface area contributed by atoms with E-state index in [1.807, 2.05) is 4.90 Å². The zero-order valence-electron chi connectivity index (χ0n) is 14.2. The number of amides is 1. The molecule has 1 atom stereocenters. The number of aliphatic hydroxyl groups is 1. The number of hydrogen-bond acceptors (Lipinski definition) is 6. The van der Waals surface area contributed by atoms with Crippen molar-refractivity contribution in [2.75, 3.05) is 44.8 Å². The molecule has 7 nitrogen and oxygen atoms in total. The van der Waals surface area contributed by atoms with E-state index >= 15 is 0 Å². The first kappa shape index (κ1) is 17.1. The van der Waals surface area contributed by atoms with Gasteiger partial charge in [-0.15, -0.1) is 0 Å².